The molecule has 160 valence electrons. The molecule has 7 heteroatoms. The summed E-state index contributed by atoms with van der Waals surface area (Å²) in [4.78, 5) is 27.7. The number of nitrogens with zero attached hydrogens (tertiary/aromatic N) is 1. The highest BCUT2D eigenvalue weighted by Crippen LogP contribution is 2.31. The number of likely N-dealkylation sites (tertiary alicyclic amines) is 1. The van der Waals surface area contributed by atoms with Gasteiger partial charge in [-0.15, -0.1) is 11.3 Å². The smallest absolute Gasteiger partial charge is 0.263 e. The molecule has 0 spiro atoms. The number of hydrogen-bond acceptors (Lipinski definition) is 5. The minimum absolute atomic E-state index is 0.0124. The number of benzene rings is 2. The van der Waals surface area contributed by atoms with Crippen molar-refractivity contribution in [2.24, 2.45) is 5.92 Å². The second-order valence-electron chi connectivity index (χ2n) is 7.31. The van der Waals surface area contributed by atoms with E-state index in [2.05, 4.69) is 5.32 Å². The molecule has 2 aromatic carbocycles. The first-order valence-electron chi connectivity index (χ1n) is 10.2. The molecule has 0 atom stereocenters. The number of methoxy groups -OCH3 is 1. The van der Waals surface area contributed by atoms with E-state index in [0.29, 0.717) is 43.2 Å². The van der Waals surface area contributed by atoms with Gasteiger partial charge in [-0.2, -0.15) is 0 Å². The zero-order valence-corrected chi connectivity index (χ0v) is 18.1. The lowest BCUT2D eigenvalue weighted by molar-refractivity contribution is -0.121. The number of rotatable bonds is 6. The lowest BCUT2D eigenvalue weighted by atomic mass is 9.95. The topological polar surface area (TPSA) is 67.9 Å². The van der Waals surface area contributed by atoms with Crippen molar-refractivity contribution in [1.82, 2.24) is 4.90 Å². The summed E-state index contributed by atoms with van der Waals surface area (Å²) in [5.41, 5.74) is 0.717. The minimum atomic E-state index is -0.100. The van der Waals surface area contributed by atoms with Crippen LogP contribution < -0.4 is 14.8 Å². The third-order valence-electron chi connectivity index (χ3n) is 5.30. The van der Waals surface area contributed by atoms with Crippen LogP contribution in [0.15, 0.2) is 66.0 Å². The second kappa shape index (κ2) is 9.66. The van der Waals surface area contributed by atoms with E-state index >= 15 is 0 Å². The third kappa shape index (κ3) is 5.06. The van der Waals surface area contributed by atoms with Crippen LogP contribution in [0.1, 0.15) is 22.5 Å². The number of nitrogens with one attached hydrogen (secondary N) is 1. The number of para-hydroxylation sites is 2. The number of amides is 2. The fraction of sp³-hybridized carbons (Fsp3) is 0.250. The van der Waals surface area contributed by atoms with Gasteiger partial charge in [0.15, 0.2) is 11.5 Å². The number of piperidine rings is 1. The Labute approximate surface area is 185 Å². The van der Waals surface area contributed by atoms with Gasteiger partial charge in [0.1, 0.15) is 5.75 Å². The van der Waals surface area contributed by atoms with E-state index in [1.807, 2.05) is 70.9 Å². The van der Waals surface area contributed by atoms with Gasteiger partial charge in [0.05, 0.1) is 12.0 Å². The highest BCUT2D eigenvalue weighted by Gasteiger charge is 2.28. The van der Waals surface area contributed by atoms with Crippen LogP contribution in [0.4, 0.5) is 5.69 Å². The highest BCUT2D eigenvalue weighted by molar-refractivity contribution is 7.12. The van der Waals surface area contributed by atoms with E-state index in [9.17, 15) is 9.59 Å². The van der Waals surface area contributed by atoms with Gasteiger partial charge >= 0.3 is 0 Å². The molecule has 1 N–H and O–H groups in total. The molecule has 1 aromatic heterocycles. The van der Waals surface area contributed by atoms with E-state index in [0.717, 1.165) is 10.6 Å². The molecule has 0 unspecified atom stereocenters. The number of carbonyl (C=O) groups is 2. The average Bonchev–Trinajstić information content (AvgIpc) is 3.35. The number of anilines is 1. The Morgan fingerprint density at radius 1 is 0.968 bits per heavy atom. The van der Waals surface area contributed by atoms with Gasteiger partial charge in [-0.05, 0) is 60.7 Å². The van der Waals surface area contributed by atoms with Gasteiger partial charge in [0.25, 0.3) is 5.91 Å². The van der Waals surface area contributed by atoms with Crippen LogP contribution in [0.3, 0.4) is 0 Å². The van der Waals surface area contributed by atoms with Gasteiger partial charge < -0.3 is 19.7 Å². The maximum Gasteiger partial charge on any atom is 0.263 e. The normalized spacial score (nSPS) is 14.2. The standard InChI is InChI=1S/C24H24N2O4S/c1-29-20-5-2-3-6-21(20)30-19-10-8-18(9-11-19)25-23(27)17-12-14-26(15-13-17)24(28)22-7-4-16-31-22/h2-11,16-17H,12-15H2,1H3,(H,25,27). The third-order valence-corrected chi connectivity index (χ3v) is 6.16. The van der Waals surface area contributed by atoms with Crippen LogP contribution >= 0.6 is 11.3 Å². The fourth-order valence-corrected chi connectivity index (χ4v) is 4.27. The Bertz CT molecular complexity index is 1030. The summed E-state index contributed by atoms with van der Waals surface area (Å²) in [6, 6.07) is 18.4. The van der Waals surface area contributed by atoms with E-state index in [1.165, 1.54) is 11.3 Å². The zero-order chi connectivity index (χ0) is 21.6. The Balaban J connectivity index is 1.29. The summed E-state index contributed by atoms with van der Waals surface area (Å²) >= 11 is 1.45. The molecule has 6 nitrogen and oxygen atoms in total. The van der Waals surface area contributed by atoms with Crippen molar-refractivity contribution >= 4 is 28.8 Å². The summed E-state index contributed by atoms with van der Waals surface area (Å²) in [7, 11) is 1.60. The Hall–Kier alpha value is -3.32. The first kappa shape index (κ1) is 20.9. The van der Waals surface area contributed by atoms with Crippen molar-refractivity contribution in [3.63, 3.8) is 0 Å². The molecule has 2 heterocycles. The number of ether oxygens (including phenoxy) is 2. The van der Waals surface area contributed by atoms with Crippen LogP contribution in [0, 0.1) is 5.92 Å². The van der Waals surface area contributed by atoms with E-state index in [-0.39, 0.29) is 17.7 Å². The zero-order valence-electron chi connectivity index (χ0n) is 17.2. The summed E-state index contributed by atoms with van der Waals surface area (Å²) < 4.78 is 11.2. The fourth-order valence-electron chi connectivity index (χ4n) is 3.58. The molecule has 0 bridgehead atoms. The summed E-state index contributed by atoms with van der Waals surface area (Å²) in [5, 5.41) is 4.88. The van der Waals surface area contributed by atoms with Crippen molar-refractivity contribution in [3.05, 3.63) is 70.9 Å². The molecule has 2 amide bonds. The molecule has 1 aliphatic rings. The monoisotopic (exact) mass is 436 g/mol. The summed E-state index contributed by atoms with van der Waals surface area (Å²) in [6.45, 7) is 1.20. The average molecular weight is 437 g/mol. The molecule has 0 aliphatic carbocycles. The number of carbonyl (C=O) groups excluding carboxylic acids is 2. The number of hydrogen-bond donors (Lipinski definition) is 1. The van der Waals surface area contributed by atoms with Crippen molar-refractivity contribution in [2.75, 3.05) is 25.5 Å². The second-order valence-corrected chi connectivity index (χ2v) is 8.26. The van der Waals surface area contributed by atoms with E-state index in [1.54, 1.807) is 7.11 Å². The SMILES string of the molecule is COc1ccccc1Oc1ccc(NC(=O)C2CCN(C(=O)c3cccs3)CC2)cc1. The molecular weight excluding hydrogens is 412 g/mol. The number of thiophene rings is 1. The summed E-state index contributed by atoms with van der Waals surface area (Å²) in [6.07, 6.45) is 1.33. The van der Waals surface area contributed by atoms with Crippen LogP contribution in [-0.2, 0) is 4.79 Å². The first-order valence-corrected chi connectivity index (χ1v) is 11.1. The molecule has 3 aromatic rings. The molecule has 4 rings (SSSR count). The molecule has 1 aliphatic heterocycles. The first-order chi connectivity index (χ1) is 15.1. The molecule has 0 radical (unpaired) electrons. The van der Waals surface area contributed by atoms with Crippen LogP contribution in [0.2, 0.25) is 0 Å². The maximum absolute atomic E-state index is 12.7. The molecule has 0 saturated carbocycles. The molecule has 1 fully saturated rings. The highest BCUT2D eigenvalue weighted by atomic mass is 32.1. The predicted octanol–water partition coefficient (Wildman–Crippen LogP) is 5.04. The lowest BCUT2D eigenvalue weighted by Gasteiger charge is -2.31. The Morgan fingerprint density at radius 3 is 2.32 bits per heavy atom. The van der Waals surface area contributed by atoms with E-state index < -0.39 is 0 Å². The predicted molar refractivity (Wildman–Crippen MR) is 121 cm³/mol. The Morgan fingerprint density at radius 2 is 1.68 bits per heavy atom. The van der Waals surface area contributed by atoms with Crippen molar-refractivity contribution in [3.8, 4) is 17.2 Å². The minimum Gasteiger partial charge on any atom is -0.493 e. The van der Waals surface area contributed by atoms with Gasteiger partial charge in [-0.3, -0.25) is 9.59 Å². The molecule has 1 saturated heterocycles. The van der Waals surface area contributed by atoms with Gasteiger partial charge in [0.2, 0.25) is 5.91 Å². The quantitative estimate of drug-likeness (QED) is 0.588. The molecular formula is C24H24N2O4S. The van der Waals surface area contributed by atoms with Crippen molar-refractivity contribution < 1.29 is 19.1 Å². The van der Waals surface area contributed by atoms with Crippen LogP contribution in [0.5, 0.6) is 17.2 Å². The largest absolute Gasteiger partial charge is 0.493 e. The van der Waals surface area contributed by atoms with E-state index in [4.69, 9.17) is 9.47 Å². The summed E-state index contributed by atoms with van der Waals surface area (Å²) in [5.74, 6) is 1.88. The van der Waals surface area contributed by atoms with Crippen molar-refractivity contribution in [2.45, 2.75) is 12.8 Å². The maximum atomic E-state index is 12.7. The van der Waals surface area contributed by atoms with Crippen LogP contribution in [-0.4, -0.2) is 36.9 Å². The van der Waals surface area contributed by atoms with Gasteiger partial charge in [0, 0.05) is 24.7 Å². The van der Waals surface area contributed by atoms with Crippen molar-refractivity contribution in [1.29, 1.82) is 0 Å². The molecule has 31 heavy (non-hydrogen) atoms. The van der Waals surface area contributed by atoms with Gasteiger partial charge in [-0.25, -0.2) is 0 Å². The Kier molecular flexibility index (Phi) is 6.52. The van der Waals surface area contributed by atoms with Gasteiger partial charge in [-0.1, -0.05) is 18.2 Å². The lowest BCUT2D eigenvalue weighted by Crippen LogP contribution is -2.41. The van der Waals surface area contributed by atoms with Crippen LogP contribution in [0.25, 0.3) is 0 Å².